The zero-order chi connectivity index (χ0) is 22.3. The lowest BCUT2D eigenvalue weighted by atomic mass is 10.1. The topological polar surface area (TPSA) is 45.2 Å². The summed E-state index contributed by atoms with van der Waals surface area (Å²) >= 11 is 6.16. The summed E-state index contributed by atoms with van der Waals surface area (Å²) in [6, 6.07) is 31.5. The van der Waals surface area contributed by atoms with Gasteiger partial charge in [0.25, 0.3) is 5.91 Å². The first kappa shape index (κ1) is 21.6. The molecule has 160 valence electrons. The summed E-state index contributed by atoms with van der Waals surface area (Å²) in [6.45, 7) is 3.36. The van der Waals surface area contributed by atoms with Crippen LogP contribution in [0, 0.1) is 6.92 Å². The van der Waals surface area contributed by atoms with Gasteiger partial charge in [0.1, 0.15) is 5.82 Å². The van der Waals surface area contributed by atoms with Crippen LogP contribution < -0.4 is 10.2 Å². The average Bonchev–Trinajstić information content (AvgIpc) is 2.81. The summed E-state index contributed by atoms with van der Waals surface area (Å²) in [5.74, 6) is 0.602. The lowest BCUT2D eigenvalue weighted by molar-refractivity contribution is 0.102. The molecule has 0 spiro atoms. The third-order valence-electron chi connectivity index (χ3n) is 5.19. The fourth-order valence-electron chi connectivity index (χ4n) is 3.52. The van der Waals surface area contributed by atoms with E-state index in [1.54, 1.807) is 24.3 Å². The maximum absolute atomic E-state index is 12.7. The molecule has 0 saturated carbocycles. The number of amides is 1. The largest absolute Gasteiger partial charge is 0.348 e. The van der Waals surface area contributed by atoms with E-state index in [1.165, 1.54) is 11.1 Å². The molecule has 5 heteroatoms. The molecule has 32 heavy (non-hydrogen) atoms. The Morgan fingerprint density at radius 1 is 0.812 bits per heavy atom. The van der Waals surface area contributed by atoms with Gasteiger partial charge < -0.3 is 10.2 Å². The molecule has 0 bridgehead atoms. The molecule has 4 aromatic rings. The molecule has 1 aromatic heterocycles. The number of aromatic nitrogens is 1. The van der Waals surface area contributed by atoms with Crippen LogP contribution in [0.15, 0.2) is 97.1 Å². The number of carbonyl (C=O) groups is 1. The van der Waals surface area contributed by atoms with Gasteiger partial charge in [0.05, 0.1) is 22.0 Å². The minimum Gasteiger partial charge on any atom is -0.348 e. The first-order valence-electron chi connectivity index (χ1n) is 10.5. The van der Waals surface area contributed by atoms with Gasteiger partial charge in [-0.05, 0) is 42.3 Å². The zero-order valence-corrected chi connectivity index (χ0v) is 18.6. The van der Waals surface area contributed by atoms with E-state index in [9.17, 15) is 4.79 Å². The first-order chi connectivity index (χ1) is 15.6. The summed E-state index contributed by atoms with van der Waals surface area (Å²) in [5.41, 5.74) is 4.26. The molecular formula is C27H24ClN3O. The van der Waals surface area contributed by atoms with Crippen LogP contribution in [-0.4, -0.2) is 10.9 Å². The first-order valence-corrected chi connectivity index (χ1v) is 10.8. The third kappa shape index (κ3) is 5.34. The van der Waals surface area contributed by atoms with Crippen LogP contribution in [0.3, 0.4) is 0 Å². The Labute approximate surface area is 193 Å². The Morgan fingerprint density at radius 2 is 1.38 bits per heavy atom. The smallest absolute Gasteiger partial charge is 0.257 e. The van der Waals surface area contributed by atoms with E-state index in [2.05, 4.69) is 34.5 Å². The Bertz CT molecular complexity index is 1150. The highest BCUT2D eigenvalue weighted by molar-refractivity contribution is 6.34. The van der Waals surface area contributed by atoms with Gasteiger partial charge in [-0.15, -0.1) is 0 Å². The van der Waals surface area contributed by atoms with Gasteiger partial charge in [-0.3, -0.25) is 4.79 Å². The van der Waals surface area contributed by atoms with Crippen LogP contribution in [0.1, 0.15) is 27.2 Å². The fraction of sp³-hybridized carbons (Fsp3) is 0.111. The van der Waals surface area contributed by atoms with Crippen molar-refractivity contribution in [2.45, 2.75) is 20.0 Å². The number of benzene rings is 3. The Kier molecular flexibility index (Phi) is 6.83. The van der Waals surface area contributed by atoms with E-state index in [4.69, 9.17) is 16.6 Å². The summed E-state index contributed by atoms with van der Waals surface area (Å²) in [7, 11) is 0. The van der Waals surface area contributed by atoms with Crippen molar-refractivity contribution in [3.63, 3.8) is 0 Å². The molecule has 4 rings (SSSR count). The summed E-state index contributed by atoms with van der Waals surface area (Å²) in [6.07, 6.45) is 0. The summed E-state index contributed by atoms with van der Waals surface area (Å²) in [4.78, 5) is 19.7. The molecule has 0 aliphatic heterocycles. The van der Waals surface area contributed by atoms with Gasteiger partial charge in [-0.2, -0.15) is 0 Å². The quantitative estimate of drug-likeness (QED) is 0.356. The van der Waals surface area contributed by atoms with Gasteiger partial charge in [-0.1, -0.05) is 84.4 Å². The predicted octanol–water partition coefficient (Wildman–Crippen LogP) is 6.50. The van der Waals surface area contributed by atoms with E-state index < -0.39 is 0 Å². The normalized spacial score (nSPS) is 10.6. The number of halogens is 1. The van der Waals surface area contributed by atoms with Crippen molar-refractivity contribution in [2.24, 2.45) is 0 Å². The third-order valence-corrected chi connectivity index (χ3v) is 5.52. The standard InChI is InChI=1S/C27H24ClN3O/c1-20-25(30-27(32)23-14-8-9-15-24(23)28)16-17-26(29-20)31(18-21-10-4-2-5-11-21)19-22-12-6-3-7-13-22/h2-17H,18-19H2,1H3,(H,30,32). The summed E-state index contributed by atoms with van der Waals surface area (Å²) < 4.78 is 0. The highest BCUT2D eigenvalue weighted by Gasteiger charge is 2.15. The lowest BCUT2D eigenvalue weighted by Crippen LogP contribution is -2.23. The van der Waals surface area contributed by atoms with Crippen molar-refractivity contribution >= 4 is 29.0 Å². The number of nitrogens with one attached hydrogen (secondary N) is 1. The van der Waals surface area contributed by atoms with Crippen molar-refractivity contribution in [1.29, 1.82) is 0 Å². The van der Waals surface area contributed by atoms with E-state index in [0.29, 0.717) is 16.3 Å². The molecule has 0 atom stereocenters. The molecule has 3 aromatic carbocycles. The lowest BCUT2D eigenvalue weighted by Gasteiger charge is -2.25. The minimum atomic E-state index is -0.251. The number of carbonyl (C=O) groups excluding carboxylic acids is 1. The molecule has 0 aliphatic carbocycles. The number of hydrogen-bond donors (Lipinski definition) is 1. The van der Waals surface area contributed by atoms with Crippen molar-refractivity contribution in [3.8, 4) is 0 Å². The van der Waals surface area contributed by atoms with Gasteiger partial charge in [0.15, 0.2) is 0 Å². The second-order valence-corrected chi connectivity index (χ2v) is 7.97. The fourth-order valence-corrected chi connectivity index (χ4v) is 3.74. The molecule has 4 nitrogen and oxygen atoms in total. The maximum Gasteiger partial charge on any atom is 0.257 e. The van der Waals surface area contributed by atoms with Crippen LogP contribution >= 0.6 is 11.6 Å². The van der Waals surface area contributed by atoms with Crippen LogP contribution in [0.2, 0.25) is 5.02 Å². The number of hydrogen-bond acceptors (Lipinski definition) is 3. The molecular weight excluding hydrogens is 418 g/mol. The Balaban J connectivity index is 1.58. The van der Waals surface area contributed by atoms with E-state index in [1.807, 2.05) is 55.5 Å². The highest BCUT2D eigenvalue weighted by Crippen LogP contribution is 2.24. The van der Waals surface area contributed by atoms with Crippen molar-refractivity contribution < 1.29 is 4.79 Å². The SMILES string of the molecule is Cc1nc(N(Cc2ccccc2)Cc2ccccc2)ccc1NC(=O)c1ccccc1Cl. The van der Waals surface area contributed by atoms with Crippen molar-refractivity contribution in [1.82, 2.24) is 4.98 Å². The van der Waals surface area contributed by atoms with Gasteiger partial charge in [0, 0.05) is 13.1 Å². The van der Waals surface area contributed by atoms with Crippen LogP contribution in [0.5, 0.6) is 0 Å². The molecule has 0 unspecified atom stereocenters. The number of rotatable bonds is 7. The molecule has 1 amide bonds. The second kappa shape index (κ2) is 10.1. The average molecular weight is 442 g/mol. The van der Waals surface area contributed by atoms with Crippen molar-refractivity contribution in [3.05, 3.63) is 124 Å². The maximum atomic E-state index is 12.7. The number of nitrogens with zero attached hydrogens (tertiary/aromatic N) is 2. The molecule has 0 saturated heterocycles. The van der Waals surface area contributed by atoms with Gasteiger partial charge in [-0.25, -0.2) is 4.98 Å². The minimum absolute atomic E-state index is 0.251. The predicted molar refractivity (Wildman–Crippen MR) is 131 cm³/mol. The summed E-state index contributed by atoms with van der Waals surface area (Å²) in [5, 5.41) is 3.35. The van der Waals surface area contributed by atoms with E-state index >= 15 is 0 Å². The Morgan fingerprint density at radius 3 is 1.94 bits per heavy atom. The number of anilines is 2. The molecule has 1 N–H and O–H groups in total. The zero-order valence-electron chi connectivity index (χ0n) is 17.8. The molecule has 0 fully saturated rings. The van der Waals surface area contributed by atoms with Crippen LogP contribution in [0.4, 0.5) is 11.5 Å². The van der Waals surface area contributed by atoms with E-state index in [-0.39, 0.29) is 5.91 Å². The number of aryl methyl sites for hydroxylation is 1. The molecule has 0 radical (unpaired) electrons. The molecule has 0 aliphatic rings. The van der Waals surface area contributed by atoms with E-state index in [0.717, 1.165) is 24.6 Å². The second-order valence-electron chi connectivity index (χ2n) is 7.56. The number of pyridine rings is 1. The monoisotopic (exact) mass is 441 g/mol. The Hall–Kier alpha value is -3.63. The van der Waals surface area contributed by atoms with Crippen molar-refractivity contribution in [2.75, 3.05) is 10.2 Å². The highest BCUT2D eigenvalue weighted by atomic mass is 35.5. The van der Waals surface area contributed by atoms with Gasteiger partial charge in [0.2, 0.25) is 0 Å². The van der Waals surface area contributed by atoms with Crippen LogP contribution in [0.25, 0.3) is 0 Å². The van der Waals surface area contributed by atoms with Gasteiger partial charge >= 0.3 is 0 Å². The van der Waals surface area contributed by atoms with Crippen LogP contribution in [-0.2, 0) is 13.1 Å². The molecule has 1 heterocycles.